The molecular weight excluding hydrogens is 312 g/mol. The molecule has 0 aromatic carbocycles. The third-order valence-corrected chi connectivity index (χ3v) is 7.74. The maximum atomic E-state index is 12.4. The van der Waals surface area contributed by atoms with Crippen LogP contribution in [0.25, 0.3) is 0 Å². The summed E-state index contributed by atoms with van der Waals surface area (Å²) in [6.07, 6.45) is 6.42. The van der Waals surface area contributed by atoms with Crippen molar-refractivity contribution in [3.05, 3.63) is 17.0 Å². The SMILES string of the molecule is CNCc1csc(S(=O)(=O)NC2CCCCC2SC)c1. The van der Waals surface area contributed by atoms with Crippen LogP contribution in [0.1, 0.15) is 31.2 Å². The lowest BCUT2D eigenvalue weighted by molar-refractivity contribution is 0.423. The maximum Gasteiger partial charge on any atom is 0.250 e. The average Bonchev–Trinajstić information content (AvgIpc) is 2.89. The van der Waals surface area contributed by atoms with Crippen LogP contribution in [0.3, 0.4) is 0 Å². The summed E-state index contributed by atoms with van der Waals surface area (Å²) in [6, 6.07) is 1.83. The standard InChI is InChI=1S/C13H22N2O2S3/c1-14-8-10-7-13(19-9-10)20(16,17)15-11-5-3-4-6-12(11)18-2/h7,9,11-12,14-15H,3-6,8H2,1-2H3. The van der Waals surface area contributed by atoms with E-state index < -0.39 is 10.0 Å². The zero-order chi connectivity index (χ0) is 14.6. The molecule has 1 aliphatic carbocycles. The van der Waals surface area contributed by atoms with Crippen LogP contribution in [0.2, 0.25) is 0 Å². The van der Waals surface area contributed by atoms with Gasteiger partial charge in [0.1, 0.15) is 4.21 Å². The molecule has 2 atom stereocenters. The Morgan fingerprint density at radius 2 is 2.15 bits per heavy atom. The van der Waals surface area contributed by atoms with E-state index in [2.05, 4.69) is 16.3 Å². The fourth-order valence-electron chi connectivity index (χ4n) is 2.56. The number of rotatable bonds is 6. The normalized spacial score (nSPS) is 23.9. The molecule has 7 heteroatoms. The van der Waals surface area contributed by atoms with E-state index in [-0.39, 0.29) is 6.04 Å². The lowest BCUT2D eigenvalue weighted by atomic mass is 9.96. The number of hydrogen-bond donors (Lipinski definition) is 2. The summed E-state index contributed by atoms with van der Waals surface area (Å²) >= 11 is 3.07. The van der Waals surface area contributed by atoms with Crippen molar-refractivity contribution in [2.75, 3.05) is 13.3 Å². The van der Waals surface area contributed by atoms with Crippen molar-refractivity contribution in [3.8, 4) is 0 Å². The van der Waals surface area contributed by atoms with Gasteiger partial charge in [0.2, 0.25) is 10.0 Å². The molecule has 2 unspecified atom stereocenters. The highest BCUT2D eigenvalue weighted by Gasteiger charge is 2.29. The third-order valence-electron chi connectivity index (χ3n) is 3.59. The summed E-state index contributed by atoms with van der Waals surface area (Å²) < 4.78 is 28.2. The van der Waals surface area contributed by atoms with E-state index in [1.54, 1.807) is 17.8 Å². The molecule has 2 N–H and O–H groups in total. The molecule has 1 aromatic rings. The highest BCUT2D eigenvalue weighted by Crippen LogP contribution is 2.29. The molecular formula is C13H22N2O2S3. The van der Waals surface area contributed by atoms with Gasteiger partial charge in [0.05, 0.1) is 0 Å². The van der Waals surface area contributed by atoms with Crippen molar-refractivity contribution in [2.45, 2.75) is 47.7 Å². The molecule has 0 spiro atoms. The largest absolute Gasteiger partial charge is 0.316 e. The van der Waals surface area contributed by atoms with E-state index >= 15 is 0 Å². The molecule has 0 bridgehead atoms. The van der Waals surface area contributed by atoms with Crippen molar-refractivity contribution in [3.63, 3.8) is 0 Å². The predicted molar refractivity (Wildman–Crippen MR) is 87.0 cm³/mol. The minimum absolute atomic E-state index is 0.0681. The number of nitrogens with one attached hydrogen (secondary N) is 2. The minimum atomic E-state index is -3.37. The minimum Gasteiger partial charge on any atom is -0.316 e. The quantitative estimate of drug-likeness (QED) is 0.839. The Balaban J connectivity index is 2.09. The van der Waals surface area contributed by atoms with E-state index in [4.69, 9.17) is 0 Å². The molecule has 4 nitrogen and oxygen atoms in total. The highest BCUT2D eigenvalue weighted by molar-refractivity contribution is 7.99. The summed E-state index contributed by atoms with van der Waals surface area (Å²) in [4.78, 5) is 0. The highest BCUT2D eigenvalue weighted by atomic mass is 32.2. The van der Waals surface area contributed by atoms with Crippen LogP contribution in [0.5, 0.6) is 0 Å². The Morgan fingerprint density at radius 3 is 2.85 bits per heavy atom. The van der Waals surface area contributed by atoms with E-state index in [1.165, 1.54) is 17.8 Å². The number of sulfonamides is 1. The Kier molecular flexibility index (Phi) is 5.92. The average molecular weight is 335 g/mol. The van der Waals surface area contributed by atoms with Gasteiger partial charge in [-0.25, -0.2) is 13.1 Å². The van der Waals surface area contributed by atoms with Gasteiger partial charge in [-0.1, -0.05) is 12.8 Å². The molecule has 114 valence electrons. The summed E-state index contributed by atoms with van der Waals surface area (Å²) in [5.74, 6) is 0. The van der Waals surface area contributed by atoms with E-state index in [0.717, 1.165) is 24.8 Å². The first-order chi connectivity index (χ1) is 9.56. The molecule has 20 heavy (non-hydrogen) atoms. The van der Waals surface area contributed by atoms with Gasteiger partial charge in [-0.2, -0.15) is 11.8 Å². The van der Waals surface area contributed by atoms with Gasteiger partial charge in [0.25, 0.3) is 0 Å². The maximum absolute atomic E-state index is 12.4. The molecule has 0 saturated heterocycles. The molecule has 0 amide bonds. The van der Waals surface area contributed by atoms with Crippen molar-refractivity contribution in [2.24, 2.45) is 0 Å². The van der Waals surface area contributed by atoms with Gasteiger partial charge in [-0.05, 0) is 43.2 Å². The van der Waals surface area contributed by atoms with Gasteiger partial charge in [0.15, 0.2) is 0 Å². The summed E-state index contributed by atoms with van der Waals surface area (Å²) in [6.45, 7) is 0.697. The molecule has 1 aliphatic rings. The van der Waals surface area contributed by atoms with Crippen LogP contribution in [0.15, 0.2) is 15.7 Å². The second-order valence-corrected chi connectivity index (χ2v) is 9.02. The number of hydrogen-bond acceptors (Lipinski definition) is 5. The first-order valence-electron chi connectivity index (χ1n) is 6.84. The van der Waals surface area contributed by atoms with E-state index in [0.29, 0.717) is 16.0 Å². The van der Waals surface area contributed by atoms with Crippen molar-refractivity contribution >= 4 is 33.1 Å². The Bertz CT molecular complexity index is 527. The van der Waals surface area contributed by atoms with Crippen LogP contribution >= 0.6 is 23.1 Å². The molecule has 1 saturated carbocycles. The molecule has 1 aromatic heterocycles. The monoisotopic (exact) mass is 334 g/mol. The van der Waals surface area contributed by atoms with Crippen molar-refractivity contribution in [1.29, 1.82) is 0 Å². The molecule has 2 rings (SSSR count). The zero-order valence-electron chi connectivity index (χ0n) is 11.9. The Morgan fingerprint density at radius 1 is 1.40 bits per heavy atom. The summed E-state index contributed by atoms with van der Waals surface area (Å²) in [5, 5.41) is 5.33. The lowest BCUT2D eigenvalue weighted by Gasteiger charge is -2.30. The predicted octanol–water partition coefficient (Wildman–Crippen LogP) is 2.42. The summed E-state index contributed by atoms with van der Waals surface area (Å²) in [7, 11) is -1.52. The van der Waals surface area contributed by atoms with Gasteiger partial charge in [0, 0.05) is 17.8 Å². The molecule has 1 fully saturated rings. The fraction of sp³-hybridized carbons (Fsp3) is 0.692. The third kappa shape index (κ3) is 3.98. The Hall–Kier alpha value is -0.0800. The van der Waals surface area contributed by atoms with Gasteiger partial charge >= 0.3 is 0 Å². The van der Waals surface area contributed by atoms with Gasteiger partial charge in [-0.3, -0.25) is 0 Å². The fourth-order valence-corrected chi connectivity index (χ4v) is 6.12. The summed E-state index contributed by atoms with van der Waals surface area (Å²) in [5.41, 5.74) is 1.02. The molecule has 1 heterocycles. The van der Waals surface area contributed by atoms with Crippen LogP contribution < -0.4 is 10.0 Å². The second-order valence-electron chi connectivity index (χ2n) is 5.09. The van der Waals surface area contributed by atoms with Crippen molar-refractivity contribution < 1.29 is 8.42 Å². The first-order valence-corrected chi connectivity index (χ1v) is 10.5. The van der Waals surface area contributed by atoms with Gasteiger partial charge < -0.3 is 5.32 Å². The van der Waals surface area contributed by atoms with Gasteiger partial charge in [-0.15, -0.1) is 11.3 Å². The van der Waals surface area contributed by atoms with Crippen LogP contribution in [0.4, 0.5) is 0 Å². The van der Waals surface area contributed by atoms with Crippen molar-refractivity contribution in [1.82, 2.24) is 10.0 Å². The number of thioether (sulfide) groups is 1. The first kappa shape index (κ1) is 16.3. The number of thiophene rings is 1. The molecule has 0 radical (unpaired) electrons. The smallest absolute Gasteiger partial charge is 0.250 e. The zero-order valence-corrected chi connectivity index (χ0v) is 14.3. The second kappa shape index (κ2) is 7.26. The topological polar surface area (TPSA) is 58.2 Å². The van der Waals surface area contributed by atoms with Crippen LogP contribution in [0, 0.1) is 0 Å². The van der Waals surface area contributed by atoms with Crippen LogP contribution in [-0.4, -0.2) is 33.0 Å². The lowest BCUT2D eigenvalue weighted by Crippen LogP contribution is -2.43. The van der Waals surface area contributed by atoms with Crippen LogP contribution in [-0.2, 0) is 16.6 Å². The molecule has 0 aliphatic heterocycles. The van der Waals surface area contributed by atoms with E-state index in [1.807, 2.05) is 12.4 Å². The van der Waals surface area contributed by atoms with E-state index in [9.17, 15) is 8.42 Å². The Labute approximate surface area is 129 Å².